The lowest BCUT2D eigenvalue weighted by Crippen LogP contribution is -2.24. The van der Waals surface area contributed by atoms with Gasteiger partial charge >= 0.3 is 5.97 Å². The molecule has 7 heteroatoms. The highest BCUT2D eigenvalue weighted by atomic mass is 79.9. The summed E-state index contributed by atoms with van der Waals surface area (Å²) in [4.78, 5) is 24.2. The lowest BCUT2D eigenvalue weighted by Gasteiger charge is -2.22. The lowest BCUT2D eigenvalue weighted by molar-refractivity contribution is -0.384. The van der Waals surface area contributed by atoms with Gasteiger partial charge in [-0.15, -0.1) is 0 Å². The molecule has 4 aromatic carbocycles. The number of nitrogens with zero attached hydrogens (tertiary/aromatic N) is 1. The highest BCUT2D eigenvalue weighted by molar-refractivity contribution is 9.10. The summed E-state index contributed by atoms with van der Waals surface area (Å²) in [5.41, 5.74) is 1.05. The molecule has 0 aromatic heterocycles. The van der Waals surface area contributed by atoms with Gasteiger partial charge in [-0.1, -0.05) is 34.1 Å². The molecular formula is C26H22BrNO5. The largest absolute Gasteiger partial charge is 0.496 e. The van der Waals surface area contributed by atoms with E-state index in [0.29, 0.717) is 27.8 Å². The zero-order chi connectivity index (χ0) is 23.9. The number of fused-ring (bicyclic) bond motifs is 2. The molecule has 4 aromatic rings. The average Bonchev–Trinajstić information content (AvgIpc) is 2.75. The molecule has 0 saturated heterocycles. The molecule has 0 fully saturated rings. The van der Waals surface area contributed by atoms with Crippen molar-refractivity contribution >= 4 is 49.1 Å². The van der Waals surface area contributed by atoms with E-state index in [1.807, 2.05) is 45.0 Å². The van der Waals surface area contributed by atoms with E-state index in [-0.39, 0.29) is 5.69 Å². The predicted octanol–water partition coefficient (Wildman–Crippen LogP) is 7.29. The highest BCUT2D eigenvalue weighted by Crippen LogP contribution is 2.44. The molecule has 0 saturated carbocycles. The Balaban J connectivity index is 2.12. The van der Waals surface area contributed by atoms with Crippen LogP contribution in [0.4, 0.5) is 5.69 Å². The minimum atomic E-state index is -0.674. The van der Waals surface area contributed by atoms with Gasteiger partial charge in [0.05, 0.1) is 17.6 Å². The molecule has 33 heavy (non-hydrogen) atoms. The van der Waals surface area contributed by atoms with Crippen molar-refractivity contribution in [1.29, 1.82) is 0 Å². The Morgan fingerprint density at radius 3 is 2.21 bits per heavy atom. The summed E-state index contributed by atoms with van der Waals surface area (Å²) >= 11 is 3.51. The van der Waals surface area contributed by atoms with Crippen LogP contribution in [0.5, 0.6) is 5.75 Å². The van der Waals surface area contributed by atoms with Crippen molar-refractivity contribution in [2.45, 2.75) is 26.4 Å². The third-order valence-electron chi connectivity index (χ3n) is 5.25. The van der Waals surface area contributed by atoms with Crippen molar-refractivity contribution in [3.63, 3.8) is 0 Å². The number of rotatable bonds is 4. The summed E-state index contributed by atoms with van der Waals surface area (Å²) in [6, 6.07) is 17.7. The monoisotopic (exact) mass is 507 g/mol. The van der Waals surface area contributed by atoms with Crippen LogP contribution in [-0.4, -0.2) is 23.6 Å². The Labute approximate surface area is 199 Å². The van der Waals surface area contributed by atoms with Gasteiger partial charge in [-0.25, -0.2) is 4.79 Å². The summed E-state index contributed by atoms with van der Waals surface area (Å²) in [6.45, 7) is 5.46. The molecule has 6 nitrogen and oxygen atoms in total. The Morgan fingerprint density at radius 2 is 1.55 bits per heavy atom. The number of non-ortho nitro benzene ring substituents is 1. The minimum absolute atomic E-state index is 0.00664. The van der Waals surface area contributed by atoms with Crippen LogP contribution in [0.3, 0.4) is 0 Å². The second-order valence-corrected chi connectivity index (χ2v) is 9.58. The molecule has 0 aliphatic heterocycles. The normalized spacial score (nSPS) is 11.5. The molecule has 0 aliphatic rings. The number of nitro benzene ring substituents is 1. The molecule has 0 amide bonds. The number of carbonyl (C=O) groups excluding carboxylic acids is 1. The molecule has 0 radical (unpaired) electrons. The Morgan fingerprint density at radius 1 is 0.909 bits per heavy atom. The first kappa shape index (κ1) is 22.7. The van der Waals surface area contributed by atoms with Gasteiger partial charge in [-0.2, -0.15) is 0 Å². The fourth-order valence-electron chi connectivity index (χ4n) is 3.91. The molecular weight excluding hydrogens is 486 g/mol. The quantitative estimate of drug-likeness (QED) is 0.164. The number of methoxy groups -OCH3 is 1. The summed E-state index contributed by atoms with van der Waals surface area (Å²) in [7, 11) is 1.56. The maximum absolute atomic E-state index is 13.3. The summed E-state index contributed by atoms with van der Waals surface area (Å²) in [6.07, 6.45) is 0. The Hall–Kier alpha value is -3.45. The molecule has 168 valence electrons. The first-order chi connectivity index (χ1) is 15.6. The standard InChI is InChI=1S/C26H22BrNO5/c1-26(2,3)33-25(29)21-9-5-15-13-17(27)7-10-19(15)23(21)24-20-11-8-18(28(30)31)14-16(20)6-12-22(24)32-4/h5-14H,1-4H3. The molecule has 0 N–H and O–H groups in total. The van der Waals surface area contributed by atoms with Gasteiger partial charge in [0.2, 0.25) is 0 Å². The molecule has 0 spiro atoms. The van der Waals surface area contributed by atoms with E-state index in [0.717, 1.165) is 20.6 Å². The summed E-state index contributed by atoms with van der Waals surface area (Å²) in [5.74, 6) is 0.0971. The molecule has 0 aliphatic carbocycles. The van der Waals surface area contributed by atoms with Crippen LogP contribution in [-0.2, 0) is 4.74 Å². The van der Waals surface area contributed by atoms with Crippen LogP contribution in [0.25, 0.3) is 32.7 Å². The van der Waals surface area contributed by atoms with Crippen LogP contribution in [0.2, 0.25) is 0 Å². The van der Waals surface area contributed by atoms with Gasteiger partial charge in [-0.05, 0) is 72.6 Å². The minimum Gasteiger partial charge on any atom is -0.496 e. The lowest BCUT2D eigenvalue weighted by atomic mass is 9.89. The van der Waals surface area contributed by atoms with Gasteiger partial charge in [0.1, 0.15) is 11.4 Å². The van der Waals surface area contributed by atoms with E-state index in [2.05, 4.69) is 15.9 Å². The molecule has 0 heterocycles. The van der Waals surface area contributed by atoms with E-state index in [9.17, 15) is 14.9 Å². The number of nitro groups is 1. The van der Waals surface area contributed by atoms with Gasteiger partial charge in [0.15, 0.2) is 0 Å². The van der Waals surface area contributed by atoms with Crippen LogP contribution in [0, 0.1) is 10.1 Å². The van der Waals surface area contributed by atoms with E-state index in [4.69, 9.17) is 9.47 Å². The SMILES string of the molecule is COc1ccc2cc([N+](=O)[O-])ccc2c1-c1c(C(=O)OC(C)(C)C)ccc2cc(Br)ccc12. The van der Waals surface area contributed by atoms with E-state index >= 15 is 0 Å². The molecule has 0 unspecified atom stereocenters. The predicted molar refractivity (Wildman–Crippen MR) is 133 cm³/mol. The van der Waals surface area contributed by atoms with Crippen LogP contribution in [0.1, 0.15) is 31.1 Å². The van der Waals surface area contributed by atoms with Crippen molar-refractivity contribution in [2.75, 3.05) is 7.11 Å². The number of ether oxygens (including phenoxy) is 2. The number of benzene rings is 4. The maximum atomic E-state index is 13.3. The van der Waals surface area contributed by atoms with Gasteiger partial charge in [0.25, 0.3) is 5.69 Å². The molecule has 0 atom stereocenters. The zero-order valence-electron chi connectivity index (χ0n) is 18.6. The maximum Gasteiger partial charge on any atom is 0.339 e. The van der Waals surface area contributed by atoms with Crippen molar-refractivity contribution in [3.8, 4) is 16.9 Å². The number of hydrogen-bond donors (Lipinski definition) is 0. The molecule has 4 rings (SSSR count). The van der Waals surface area contributed by atoms with Crippen molar-refractivity contribution in [1.82, 2.24) is 0 Å². The number of halogens is 1. The fourth-order valence-corrected chi connectivity index (χ4v) is 4.29. The number of esters is 1. The van der Waals surface area contributed by atoms with Crippen molar-refractivity contribution in [2.24, 2.45) is 0 Å². The Kier molecular flexibility index (Phi) is 5.84. The third kappa shape index (κ3) is 4.41. The van der Waals surface area contributed by atoms with E-state index in [1.54, 1.807) is 31.4 Å². The third-order valence-corrected chi connectivity index (χ3v) is 5.74. The van der Waals surface area contributed by atoms with Crippen LogP contribution < -0.4 is 4.74 Å². The van der Waals surface area contributed by atoms with Gasteiger partial charge in [0, 0.05) is 27.7 Å². The van der Waals surface area contributed by atoms with E-state index < -0.39 is 16.5 Å². The first-order valence-electron chi connectivity index (χ1n) is 10.3. The number of carbonyl (C=O) groups is 1. The average molecular weight is 508 g/mol. The smallest absolute Gasteiger partial charge is 0.339 e. The second-order valence-electron chi connectivity index (χ2n) is 8.66. The van der Waals surface area contributed by atoms with Gasteiger partial charge < -0.3 is 9.47 Å². The van der Waals surface area contributed by atoms with Crippen molar-refractivity contribution < 1.29 is 19.2 Å². The molecule has 0 bridgehead atoms. The van der Waals surface area contributed by atoms with Gasteiger partial charge in [-0.3, -0.25) is 10.1 Å². The fraction of sp³-hybridized carbons (Fsp3) is 0.192. The topological polar surface area (TPSA) is 78.7 Å². The van der Waals surface area contributed by atoms with Crippen LogP contribution >= 0.6 is 15.9 Å². The second kappa shape index (κ2) is 8.48. The Bertz CT molecular complexity index is 1420. The van der Waals surface area contributed by atoms with Crippen LogP contribution in [0.15, 0.2) is 65.1 Å². The van der Waals surface area contributed by atoms with Crippen molar-refractivity contribution in [3.05, 3.63) is 80.8 Å². The highest BCUT2D eigenvalue weighted by Gasteiger charge is 2.25. The first-order valence-corrected chi connectivity index (χ1v) is 11.1. The number of hydrogen-bond acceptors (Lipinski definition) is 5. The summed E-state index contributed by atoms with van der Waals surface area (Å²) < 4.78 is 12.3. The zero-order valence-corrected chi connectivity index (χ0v) is 20.2. The van der Waals surface area contributed by atoms with E-state index in [1.165, 1.54) is 12.1 Å². The summed E-state index contributed by atoms with van der Waals surface area (Å²) in [5, 5.41) is 14.5.